The van der Waals surface area contributed by atoms with Gasteiger partial charge in [-0.25, -0.2) is 14.1 Å². The molecule has 11 nitrogen and oxygen atoms in total. The maximum Gasteiger partial charge on any atom is 0.258 e. The molecule has 1 aliphatic carbocycles. The summed E-state index contributed by atoms with van der Waals surface area (Å²) in [6, 6.07) is 7.01. The van der Waals surface area contributed by atoms with Crippen LogP contribution in [0.15, 0.2) is 30.5 Å². The van der Waals surface area contributed by atoms with Crippen LogP contribution in [-0.2, 0) is 18.3 Å². The van der Waals surface area contributed by atoms with Gasteiger partial charge in [0.25, 0.3) is 5.91 Å². The molecule has 4 aromatic rings. The van der Waals surface area contributed by atoms with Crippen LogP contribution in [-0.4, -0.2) is 76.2 Å². The number of piperazine rings is 1. The number of hydrogen-bond acceptors (Lipinski definition) is 8. The highest BCUT2D eigenvalue weighted by molar-refractivity contribution is 6.05. The summed E-state index contributed by atoms with van der Waals surface area (Å²) < 4.78 is 31.1. The minimum atomic E-state index is -0.324. The van der Waals surface area contributed by atoms with Crippen LogP contribution in [0.4, 0.5) is 16.0 Å². The molecule has 7 rings (SSSR count). The number of anilines is 2. The molecule has 5 heterocycles. The Bertz CT molecular complexity index is 1680. The van der Waals surface area contributed by atoms with E-state index in [-0.39, 0.29) is 17.8 Å². The zero-order valence-corrected chi connectivity index (χ0v) is 24.8. The van der Waals surface area contributed by atoms with Crippen molar-refractivity contribution in [2.24, 2.45) is 18.9 Å². The van der Waals surface area contributed by atoms with E-state index in [2.05, 4.69) is 25.2 Å². The molecule has 4 bridgehead atoms. The summed E-state index contributed by atoms with van der Waals surface area (Å²) >= 11 is 0. The number of pyridine rings is 1. The third kappa shape index (κ3) is 5.33. The number of imidazole rings is 1. The van der Waals surface area contributed by atoms with Gasteiger partial charge in [0, 0.05) is 63.7 Å². The van der Waals surface area contributed by atoms with E-state index in [1.54, 1.807) is 30.1 Å². The van der Waals surface area contributed by atoms with E-state index in [1.807, 2.05) is 20.0 Å². The zero-order chi connectivity index (χ0) is 29.7. The van der Waals surface area contributed by atoms with Crippen LogP contribution >= 0.6 is 0 Å². The molecule has 1 aromatic carbocycles. The summed E-state index contributed by atoms with van der Waals surface area (Å²) in [5.74, 6) is 1.19. The lowest BCUT2D eigenvalue weighted by Gasteiger charge is -2.35. The van der Waals surface area contributed by atoms with Gasteiger partial charge < -0.3 is 24.3 Å². The lowest BCUT2D eigenvalue weighted by molar-refractivity contribution is 0.102. The van der Waals surface area contributed by atoms with Crippen LogP contribution in [0, 0.1) is 24.6 Å². The molecule has 43 heavy (non-hydrogen) atoms. The number of rotatable bonds is 3. The Hall–Kier alpha value is -4.03. The number of carbonyl (C=O) groups is 1. The number of methoxy groups -OCH3 is 1. The smallest absolute Gasteiger partial charge is 0.258 e. The first-order chi connectivity index (χ1) is 20.9. The first-order valence-electron chi connectivity index (χ1n) is 15.0. The van der Waals surface area contributed by atoms with Gasteiger partial charge in [-0.2, -0.15) is 5.10 Å². The summed E-state index contributed by atoms with van der Waals surface area (Å²) in [5.41, 5.74) is 4.39. The highest BCUT2D eigenvalue weighted by Gasteiger charge is 2.30. The van der Waals surface area contributed by atoms with Crippen molar-refractivity contribution in [3.8, 4) is 17.1 Å². The van der Waals surface area contributed by atoms with Crippen LogP contribution in [0.2, 0.25) is 0 Å². The fraction of sp³-hybridized carbons (Fsp3) is 0.484. The first-order valence-corrected chi connectivity index (χ1v) is 15.0. The van der Waals surface area contributed by atoms with E-state index in [4.69, 9.17) is 19.4 Å². The number of aromatic nitrogens is 5. The molecule has 0 radical (unpaired) electrons. The number of hydrogen-bond donors (Lipinski definition) is 2. The minimum Gasteiger partial charge on any atom is -0.477 e. The molecular formula is C31H37FN8O3. The van der Waals surface area contributed by atoms with Crippen molar-refractivity contribution in [1.29, 1.82) is 0 Å². The van der Waals surface area contributed by atoms with E-state index in [9.17, 15) is 4.79 Å². The Labute approximate surface area is 249 Å². The van der Waals surface area contributed by atoms with Gasteiger partial charge in [-0.15, -0.1) is 0 Å². The van der Waals surface area contributed by atoms with Crippen molar-refractivity contribution < 1.29 is 18.7 Å². The Morgan fingerprint density at radius 3 is 2.86 bits per heavy atom. The lowest BCUT2D eigenvalue weighted by atomic mass is 10.1. The van der Waals surface area contributed by atoms with Gasteiger partial charge in [-0.3, -0.25) is 15.1 Å². The topological polar surface area (TPSA) is 111 Å². The minimum absolute atomic E-state index is 0.115. The van der Waals surface area contributed by atoms with Gasteiger partial charge in [0.1, 0.15) is 5.82 Å². The molecule has 2 aliphatic heterocycles. The largest absolute Gasteiger partial charge is 0.477 e. The average molecular weight is 589 g/mol. The number of halogens is 1. The maximum absolute atomic E-state index is 15.6. The Morgan fingerprint density at radius 2 is 2.00 bits per heavy atom. The second-order valence-corrected chi connectivity index (χ2v) is 12.1. The summed E-state index contributed by atoms with van der Waals surface area (Å²) in [7, 11) is 3.53. The predicted molar refractivity (Wildman–Crippen MR) is 161 cm³/mol. The van der Waals surface area contributed by atoms with Crippen molar-refractivity contribution in [1.82, 2.24) is 29.6 Å². The number of nitrogens with one attached hydrogen (secondary N) is 2. The van der Waals surface area contributed by atoms with E-state index < -0.39 is 0 Å². The Kier molecular flexibility index (Phi) is 7.26. The SMILES string of the molecule is COC[C@@H]1CN(c2cc3c(cc2F)nc2n3C[C@@H]3CC[C@H](COc4c(cnn4C)-c4cc(cc(C)n4)C(=O)N2)C3)CCN1. The fourth-order valence-electron chi connectivity index (χ4n) is 6.85. The van der Waals surface area contributed by atoms with E-state index in [1.165, 1.54) is 6.07 Å². The molecule has 2 N–H and O–H groups in total. The van der Waals surface area contributed by atoms with Gasteiger partial charge >= 0.3 is 0 Å². The van der Waals surface area contributed by atoms with Crippen molar-refractivity contribution in [2.75, 3.05) is 50.2 Å². The summed E-state index contributed by atoms with van der Waals surface area (Å²) in [5, 5.41) is 10.9. The monoisotopic (exact) mass is 588 g/mol. The van der Waals surface area contributed by atoms with Gasteiger partial charge in [0.05, 0.1) is 47.4 Å². The van der Waals surface area contributed by atoms with Crippen molar-refractivity contribution in [3.63, 3.8) is 0 Å². The number of ether oxygens (including phenoxy) is 2. The summed E-state index contributed by atoms with van der Waals surface area (Å²) in [6.07, 6.45) is 4.79. The molecule has 12 heteroatoms. The lowest BCUT2D eigenvalue weighted by Crippen LogP contribution is -2.52. The van der Waals surface area contributed by atoms with Gasteiger partial charge in [-0.1, -0.05) is 0 Å². The quantitative estimate of drug-likeness (QED) is 0.372. The molecule has 3 atom stereocenters. The van der Waals surface area contributed by atoms with Crippen LogP contribution in [0.5, 0.6) is 5.88 Å². The van der Waals surface area contributed by atoms with Crippen LogP contribution in [0.1, 0.15) is 35.3 Å². The number of fused-ring (bicyclic) bond motifs is 9. The normalized spacial score (nSPS) is 22.4. The van der Waals surface area contributed by atoms with Crippen LogP contribution in [0.25, 0.3) is 22.3 Å². The standard InChI is InChI=1S/C31H37FN8O3/c1-18-8-21-10-25(35-18)23-13-34-38(2)30(23)43-16-20-5-4-19(9-20)14-40-28-12-27(39-7-6-33-22(15-39)17-42-3)24(32)11-26(28)36-31(40)37-29(21)41/h8,10-13,19-20,22,33H,4-7,9,14-17H2,1-3H3,(H,36,37,41)/t19-,20+,22+/m1/s1. The number of amides is 1. The molecule has 1 amide bonds. The molecule has 226 valence electrons. The van der Waals surface area contributed by atoms with Gasteiger partial charge in [0.2, 0.25) is 11.8 Å². The third-order valence-electron chi connectivity index (χ3n) is 8.93. The summed E-state index contributed by atoms with van der Waals surface area (Å²) in [4.78, 5) is 25.2. The molecule has 3 aliphatic rings. The molecule has 1 saturated heterocycles. The maximum atomic E-state index is 15.6. The van der Waals surface area contributed by atoms with E-state index in [0.29, 0.717) is 84.7 Å². The first kappa shape index (κ1) is 27.8. The van der Waals surface area contributed by atoms with Gasteiger partial charge in [0.15, 0.2) is 0 Å². The fourth-order valence-corrected chi connectivity index (χ4v) is 6.85. The van der Waals surface area contributed by atoms with E-state index in [0.717, 1.165) is 36.9 Å². The van der Waals surface area contributed by atoms with Crippen molar-refractivity contribution in [3.05, 3.63) is 47.5 Å². The number of benzene rings is 1. The number of aryl methyl sites for hydroxylation is 2. The highest BCUT2D eigenvalue weighted by atomic mass is 19.1. The van der Waals surface area contributed by atoms with Crippen molar-refractivity contribution in [2.45, 2.75) is 38.8 Å². The number of carbonyl (C=O) groups excluding carboxylic acids is 1. The summed E-state index contributed by atoms with van der Waals surface area (Å²) in [6.45, 7) is 5.73. The Balaban J connectivity index is 1.30. The van der Waals surface area contributed by atoms with Crippen molar-refractivity contribution >= 4 is 28.6 Å². The second-order valence-electron chi connectivity index (χ2n) is 12.1. The highest BCUT2D eigenvalue weighted by Crippen LogP contribution is 2.37. The second kappa shape index (κ2) is 11.2. The predicted octanol–water partition coefficient (Wildman–Crippen LogP) is 3.76. The van der Waals surface area contributed by atoms with Crippen LogP contribution < -0.4 is 20.3 Å². The van der Waals surface area contributed by atoms with E-state index >= 15 is 4.39 Å². The molecule has 0 unspecified atom stereocenters. The molecule has 3 aromatic heterocycles. The molecule has 1 saturated carbocycles. The van der Waals surface area contributed by atoms with Crippen LogP contribution in [0.3, 0.4) is 0 Å². The molecule has 0 spiro atoms. The Morgan fingerprint density at radius 1 is 1.14 bits per heavy atom. The zero-order valence-electron chi connectivity index (χ0n) is 24.8. The number of nitrogens with zero attached hydrogens (tertiary/aromatic N) is 6. The molecular weight excluding hydrogens is 551 g/mol. The average Bonchev–Trinajstić information content (AvgIpc) is 3.68. The third-order valence-corrected chi connectivity index (χ3v) is 8.93. The van der Waals surface area contributed by atoms with Gasteiger partial charge in [-0.05, 0) is 56.2 Å². The molecule has 2 fully saturated rings.